The third-order valence-corrected chi connectivity index (χ3v) is 8.39. The summed E-state index contributed by atoms with van der Waals surface area (Å²) >= 11 is 0. The number of rotatable bonds is 22. The lowest BCUT2D eigenvalue weighted by molar-refractivity contribution is -0.195. The zero-order chi connectivity index (χ0) is 36.7. The zero-order valence-corrected chi connectivity index (χ0v) is 29.9. The lowest BCUT2D eigenvalue weighted by Crippen LogP contribution is -2.42. The van der Waals surface area contributed by atoms with E-state index in [9.17, 15) is 28.0 Å². The zero-order valence-electron chi connectivity index (χ0n) is 29.1. The van der Waals surface area contributed by atoms with Crippen LogP contribution in [0.2, 0.25) is 0 Å². The highest BCUT2D eigenvalue weighted by molar-refractivity contribution is 7.80. The second kappa shape index (κ2) is 23.9. The Hall–Kier alpha value is -3.42. The molecule has 6 unspecified atom stereocenters. The van der Waals surface area contributed by atoms with E-state index in [1.54, 1.807) is 68.5 Å². The highest BCUT2D eigenvalue weighted by Gasteiger charge is 2.42. The van der Waals surface area contributed by atoms with Crippen molar-refractivity contribution in [2.24, 2.45) is 17.8 Å². The predicted molar refractivity (Wildman–Crippen MR) is 194 cm³/mol. The highest BCUT2D eigenvalue weighted by Crippen LogP contribution is 2.33. The molecule has 49 heavy (non-hydrogen) atoms. The van der Waals surface area contributed by atoms with E-state index in [-0.39, 0.29) is 23.8 Å². The van der Waals surface area contributed by atoms with E-state index in [0.29, 0.717) is 13.2 Å². The Morgan fingerprint density at radius 3 is 1.88 bits per heavy atom. The van der Waals surface area contributed by atoms with Gasteiger partial charge in [-0.3, -0.25) is 4.55 Å². The molecule has 0 bridgehead atoms. The van der Waals surface area contributed by atoms with Crippen molar-refractivity contribution in [3.8, 4) is 0 Å². The van der Waals surface area contributed by atoms with Gasteiger partial charge >= 0.3 is 16.4 Å². The van der Waals surface area contributed by atoms with Crippen LogP contribution in [-0.2, 0) is 28.9 Å². The van der Waals surface area contributed by atoms with Gasteiger partial charge < -0.3 is 24.8 Å². The van der Waals surface area contributed by atoms with Crippen molar-refractivity contribution in [2.75, 3.05) is 13.2 Å². The lowest BCUT2D eigenvalue weighted by Gasteiger charge is -2.33. The third kappa shape index (κ3) is 19.4. The van der Waals surface area contributed by atoms with Crippen LogP contribution >= 0.6 is 0 Å². The van der Waals surface area contributed by atoms with E-state index in [1.165, 1.54) is 13.0 Å². The Kier molecular flexibility index (Phi) is 21.2. The van der Waals surface area contributed by atoms with Crippen LogP contribution in [0.5, 0.6) is 0 Å². The summed E-state index contributed by atoms with van der Waals surface area (Å²) in [4.78, 5) is 10.7. The van der Waals surface area contributed by atoms with Crippen molar-refractivity contribution >= 4 is 16.4 Å². The predicted octanol–water partition coefficient (Wildman–Crippen LogP) is 6.77. The van der Waals surface area contributed by atoms with Gasteiger partial charge in [-0.25, -0.2) is 8.98 Å². The van der Waals surface area contributed by atoms with Crippen LogP contribution in [0.4, 0.5) is 0 Å². The molecule has 0 aliphatic carbocycles. The minimum absolute atomic E-state index is 0.129. The van der Waals surface area contributed by atoms with Crippen LogP contribution in [-0.4, -0.2) is 71.6 Å². The number of hydrogen-bond donors (Lipinski definition) is 4. The van der Waals surface area contributed by atoms with Crippen molar-refractivity contribution in [2.45, 2.75) is 78.0 Å². The SMILES string of the molecule is C\C(=C/C=C/C=C/CC/C=C/C(C)C(O)C(C)C(O)/C=C/C=C/C=C/C=C/C=C/C=C/CC(OS(=O)(=O)O)C(C)C1(C)OCCO1)C(=O)O. The van der Waals surface area contributed by atoms with Crippen LogP contribution in [0.3, 0.4) is 0 Å². The molecule has 1 aliphatic heterocycles. The normalized spacial score (nSPS) is 20.4. The maximum atomic E-state index is 11.3. The number of aliphatic carboxylic acids is 1. The topological polar surface area (TPSA) is 160 Å². The first kappa shape index (κ1) is 43.6. The van der Waals surface area contributed by atoms with E-state index in [0.717, 1.165) is 12.8 Å². The molecule has 0 aromatic carbocycles. The first-order chi connectivity index (χ1) is 23.2. The molecule has 0 aromatic heterocycles. The van der Waals surface area contributed by atoms with Gasteiger partial charge in [-0.2, -0.15) is 8.42 Å². The minimum Gasteiger partial charge on any atom is -0.478 e. The minimum atomic E-state index is -4.65. The quantitative estimate of drug-likeness (QED) is 0.0312. The summed E-state index contributed by atoms with van der Waals surface area (Å²) in [5, 5.41) is 30.0. The van der Waals surface area contributed by atoms with Gasteiger partial charge in [0.15, 0.2) is 5.79 Å². The fraction of sp³-hybridized carbons (Fsp3) is 0.447. The molecular formula is C38H54O10S. The summed E-state index contributed by atoms with van der Waals surface area (Å²) in [5.41, 5.74) is 0.274. The van der Waals surface area contributed by atoms with E-state index in [1.807, 2.05) is 68.5 Å². The first-order valence-corrected chi connectivity index (χ1v) is 17.7. The van der Waals surface area contributed by atoms with Gasteiger partial charge in [-0.1, -0.05) is 136 Å². The molecule has 4 N–H and O–H groups in total. The first-order valence-electron chi connectivity index (χ1n) is 16.4. The summed E-state index contributed by atoms with van der Waals surface area (Å²) in [5.74, 6) is -2.89. The molecule has 0 aromatic rings. The number of unbranched alkanes of at least 4 members (excludes halogenated alkanes) is 1. The molecule has 1 saturated heterocycles. The van der Waals surface area contributed by atoms with Crippen LogP contribution in [0.1, 0.15) is 53.9 Å². The van der Waals surface area contributed by atoms with Crippen molar-refractivity contribution in [3.05, 3.63) is 121 Å². The van der Waals surface area contributed by atoms with Gasteiger partial charge in [0.1, 0.15) is 0 Å². The molecule has 0 amide bonds. The molecule has 0 radical (unpaired) electrons. The smallest absolute Gasteiger partial charge is 0.397 e. The van der Waals surface area contributed by atoms with Gasteiger partial charge in [0.05, 0.1) is 31.5 Å². The van der Waals surface area contributed by atoms with Gasteiger partial charge in [-0.15, -0.1) is 0 Å². The summed E-state index contributed by atoms with van der Waals surface area (Å²) in [7, 11) is -4.65. The van der Waals surface area contributed by atoms with E-state index in [4.69, 9.17) is 18.8 Å². The maximum absolute atomic E-state index is 11.3. The molecule has 11 heteroatoms. The molecule has 272 valence electrons. The van der Waals surface area contributed by atoms with Crippen molar-refractivity contribution in [1.82, 2.24) is 0 Å². The third-order valence-electron chi connectivity index (χ3n) is 7.90. The Bertz CT molecular complexity index is 1390. The van der Waals surface area contributed by atoms with Crippen molar-refractivity contribution in [1.29, 1.82) is 0 Å². The number of carboxylic acids is 1. The Labute approximate surface area is 292 Å². The monoisotopic (exact) mass is 702 g/mol. The highest BCUT2D eigenvalue weighted by atomic mass is 32.3. The molecule has 1 rings (SSSR count). The summed E-state index contributed by atoms with van der Waals surface area (Å²) < 4.78 is 47.9. The van der Waals surface area contributed by atoms with E-state index < -0.39 is 46.4 Å². The van der Waals surface area contributed by atoms with Gasteiger partial charge in [0, 0.05) is 23.3 Å². The largest absolute Gasteiger partial charge is 0.478 e. The number of aliphatic hydroxyl groups excluding tert-OH is 2. The van der Waals surface area contributed by atoms with Crippen LogP contribution in [0.15, 0.2) is 121 Å². The van der Waals surface area contributed by atoms with Crippen LogP contribution in [0, 0.1) is 17.8 Å². The standard InChI is InChI=1S/C38H54O10S/c1-30(24-20-16-12-11-13-17-21-25-31(2)37(41)42)36(40)32(3)34(39)26-22-18-14-9-7-6-8-10-15-19-23-27-35(48-49(43,44)45)33(4)38(5)46-28-29-47-38/h6-11,13-15,17-26,30,32-36,39-40H,12,16,27-29H2,1-5H3,(H,41,42)(H,43,44,45)/b8-6+,9-7+,13-11+,15-10+,18-14+,21-17+,23-19+,24-20+,26-22+,31-25+. The molecule has 0 saturated carbocycles. The second-order valence-electron chi connectivity index (χ2n) is 11.8. The average Bonchev–Trinajstić information content (AvgIpc) is 3.50. The van der Waals surface area contributed by atoms with Gasteiger partial charge in [0.25, 0.3) is 0 Å². The Balaban J connectivity index is 2.42. The number of carbonyl (C=O) groups is 1. The van der Waals surface area contributed by atoms with Crippen LogP contribution < -0.4 is 0 Å². The molecule has 1 heterocycles. The molecular weight excluding hydrogens is 648 g/mol. The second-order valence-corrected chi connectivity index (χ2v) is 12.9. The van der Waals surface area contributed by atoms with Gasteiger partial charge in [-0.05, 0) is 33.1 Å². The maximum Gasteiger partial charge on any atom is 0.397 e. The Morgan fingerprint density at radius 1 is 0.796 bits per heavy atom. The van der Waals surface area contributed by atoms with E-state index in [2.05, 4.69) is 0 Å². The molecule has 0 spiro atoms. The number of carboxylic acid groups (broad SMARTS) is 1. The molecule has 1 aliphatic rings. The Morgan fingerprint density at radius 2 is 1.31 bits per heavy atom. The number of hydrogen-bond acceptors (Lipinski definition) is 8. The van der Waals surface area contributed by atoms with Crippen LogP contribution in [0.25, 0.3) is 0 Å². The molecule has 1 fully saturated rings. The summed E-state index contributed by atoms with van der Waals surface area (Å²) in [6.45, 7) is 9.53. The number of ether oxygens (including phenoxy) is 2. The number of aliphatic hydroxyl groups is 2. The van der Waals surface area contributed by atoms with Crippen molar-refractivity contribution < 1.29 is 46.7 Å². The fourth-order valence-corrected chi connectivity index (χ4v) is 5.14. The average molecular weight is 703 g/mol. The van der Waals surface area contributed by atoms with Crippen molar-refractivity contribution in [3.63, 3.8) is 0 Å². The van der Waals surface area contributed by atoms with Gasteiger partial charge in [0.2, 0.25) is 0 Å². The summed E-state index contributed by atoms with van der Waals surface area (Å²) in [6, 6.07) is 0. The number of allylic oxidation sites excluding steroid dienone is 16. The fourth-order valence-electron chi connectivity index (χ4n) is 4.58. The lowest BCUT2D eigenvalue weighted by atomic mass is 9.88. The molecule has 6 atom stereocenters. The summed E-state index contributed by atoms with van der Waals surface area (Å²) in [6.07, 6.45) is 33.6. The molecule has 10 nitrogen and oxygen atoms in total. The van der Waals surface area contributed by atoms with E-state index >= 15 is 0 Å².